The van der Waals surface area contributed by atoms with E-state index in [-0.39, 0.29) is 0 Å². The van der Waals surface area contributed by atoms with Crippen molar-refractivity contribution in [3.05, 3.63) is 0 Å². The molecule has 1 aliphatic heterocycles. The van der Waals surface area contributed by atoms with E-state index in [1.807, 2.05) is 0 Å². The van der Waals surface area contributed by atoms with Crippen molar-refractivity contribution in [3.8, 4) is 0 Å². The Balaban J connectivity index is 2.23. The van der Waals surface area contributed by atoms with Gasteiger partial charge in [0, 0.05) is 19.2 Å². The fourth-order valence-corrected chi connectivity index (χ4v) is 2.13. The zero-order chi connectivity index (χ0) is 11.3. The number of rotatable bonds is 5. The fraction of sp³-hybridized carbons (Fsp3) is 1.00. The number of nitrogens with two attached hydrogens (primary N) is 1. The summed E-state index contributed by atoms with van der Waals surface area (Å²) < 4.78 is 0. The van der Waals surface area contributed by atoms with Gasteiger partial charge in [-0.1, -0.05) is 20.3 Å². The molecule has 0 spiro atoms. The molecule has 1 rings (SSSR count). The normalized spacial score (nSPS) is 24.0. The molecule has 0 aromatic heterocycles. The van der Waals surface area contributed by atoms with Crippen LogP contribution in [0.3, 0.4) is 0 Å². The van der Waals surface area contributed by atoms with Crippen molar-refractivity contribution in [3.63, 3.8) is 0 Å². The van der Waals surface area contributed by atoms with Crippen molar-refractivity contribution in [1.82, 2.24) is 4.90 Å². The van der Waals surface area contributed by atoms with Crippen LogP contribution in [0, 0.1) is 11.8 Å². The summed E-state index contributed by atoms with van der Waals surface area (Å²) in [6.07, 6.45) is 3.42. The van der Waals surface area contributed by atoms with Crippen LogP contribution in [0.5, 0.6) is 0 Å². The van der Waals surface area contributed by atoms with Crippen molar-refractivity contribution in [1.29, 1.82) is 0 Å². The van der Waals surface area contributed by atoms with Crippen LogP contribution in [0.15, 0.2) is 0 Å². The first kappa shape index (κ1) is 12.9. The Labute approximate surface area is 93.6 Å². The first-order chi connectivity index (χ1) is 7.17. The molecule has 90 valence electrons. The monoisotopic (exact) mass is 214 g/mol. The zero-order valence-corrected chi connectivity index (χ0v) is 10.2. The summed E-state index contributed by atoms with van der Waals surface area (Å²) in [4.78, 5) is 2.45. The molecular formula is C12H26N2O. The molecule has 0 saturated carbocycles. The highest BCUT2D eigenvalue weighted by Crippen LogP contribution is 2.17. The molecule has 3 nitrogen and oxygen atoms in total. The first-order valence-corrected chi connectivity index (χ1v) is 6.26. The van der Waals surface area contributed by atoms with Crippen LogP contribution >= 0.6 is 0 Å². The van der Waals surface area contributed by atoms with Crippen LogP contribution in [-0.2, 0) is 0 Å². The van der Waals surface area contributed by atoms with Crippen LogP contribution < -0.4 is 5.73 Å². The lowest BCUT2D eigenvalue weighted by Gasteiger charge is -2.34. The highest BCUT2D eigenvalue weighted by Gasteiger charge is 2.21. The van der Waals surface area contributed by atoms with E-state index in [1.54, 1.807) is 0 Å². The van der Waals surface area contributed by atoms with Gasteiger partial charge in [-0.05, 0) is 37.8 Å². The van der Waals surface area contributed by atoms with Crippen molar-refractivity contribution in [2.45, 2.75) is 39.2 Å². The van der Waals surface area contributed by atoms with Crippen molar-refractivity contribution in [2.75, 3.05) is 26.2 Å². The summed E-state index contributed by atoms with van der Waals surface area (Å²) >= 11 is 0. The Morgan fingerprint density at radius 3 is 2.47 bits per heavy atom. The Morgan fingerprint density at radius 1 is 1.40 bits per heavy atom. The summed E-state index contributed by atoms with van der Waals surface area (Å²) in [5, 5.41) is 9.04. The quantitative estimate of drug-likeness (QED) is 0.719. The number of hydrogen-bond donors (Lipinski definition) is 2. The van der Waals surface area contributed by atoms with E-state index in [9.17, 15) is 0 Å². The highest BCUT2D eigenvalue weighted by atomic mass is 16.3. The van der Waals surface area contributed by atoms with Gasteiger partial charge in [0.05, 0.1) is 0 Å². The van der Waals surface area contributed by atoms with E-state index in [1.165, 1.54) is 0 Å². The summed E-state index contributed by atoms with van der Waals surface area (Å²) in [5.41, 5.74) is 6.13. The Morgan fingerprint density at radius 2 is 2.00 bits per heavy atom. The van der Waals surface area contributed by atoms with Gasteiger partial charge in [-0.3, -0.25) is 0 Å². The molecule has 1 heterocycles. The molecule has 0 aliphatic carbocycles. The zero-order valence-electron chi connectivity index (χ0n) is 10.2. The molecule has 0 radical (unpaired) electrons. The average Bonchev–Trinajstić information content (AvgIpc) is 2.29. The summed E-state index contributed by atoms with van der Waals surface area (Å²) in [5.74, 6) is 1.14. The van der Waals surface area contributed by atoms with Gasteiger partial charge in [-0.25, -0.2) is 0 Å². The number of piperidine rings is 1. The number of likely N-dealkylation sites (tertiary alicyclic amines) is 1. The van der Waals surface area contributed by atoms with Gasteiger partial charge in [-0.15, -0.1) is 0 Å². The van der Waals surface area contributed by atoms with Gasteiger partial charge >= 0.3 is 0 Å². The molecular weight excluding hydrogens is 188 g/mol. The molecule has 3 N–H and O–H groups in total. The first-order valence-electron chi connectivity index (χ1n) is 6.26. The summed E-state index contributed by atoms with van der Waals surface area (Å²) in [7, 11) is 0. The van der Waals surface area contributed by atoms with Gasteiger partial charge in [0.15, 0.2) is 0 Å². The topological polar surface area (TPSA) is 49.5 Å². The van der Waals surface area contributed by atoms with Crippen LogP contribution in [0.2, 0.25) is 0 Å². The third kappa shape index (κ3) is 4.09. The van der Waals surface area contributed by atoms with E-state index >= 15 is 0 Å². The lowest BCUT2D eigenvalue weighted by molar-refractivity contribution is 0.122. The van der Waals surface area contributed by atoms with Gasteiger partial charge in [0.25, 0.3) is 0 Å². The molecule has 0 aromatic carbocycles. The second-order valence-corrected chi connectivity index (χ2v) is 4.98. The second-order valence-electron chi connectivity index (χ2n) is 4.98. The lowest BCUT2D eigenvalue weighted by atomic mass is 9.95. The van der Waals surface area contributed by atoms with Crippen LogP contribution in [0.1, 0.15) is 33.1 Å². The molecule has 0 amide bonds. The minimum atomic E-state index is 0.306. The number of aliphatic hydroxyl groups is 1. The van der Waals surface area contributed by atoms with E-state index in [4.69, 9.17) is 10.8 Å². The van der Waals surface area contributed by atoms with E-state index < -0.39 is 0 Å². The molecule has 1 saturated heterocycles. The molecule has 1 unspecified atom stereocenters. The SMILES string of the molecule is CCC(C)[C@H](N)CN1CCC(CO)CC1. The third-order valence-electron chi connectivity index (χ3n) is 3.81. The Kier molecular flexibility index (Phi) is 5.58. The maximum atomic E-state index is 9.04. The fourth-order valence-electron chi connectivity index (χ4n) is 2.13. The standard InChI is InChI=1S/C12H26N2O/c1-3-10(2)12(13)8-14-6-4-11(9-15)5-7-14/h10-12,15H,3-9,13H2,1-2H3/t10?,12-/m1/s1. The van der Waals surface area contributed by atoms with E-state index in [2.05, 4.69) is 18.7 Å². The second kappa shape index (κ2) is 6.46. The molecule has 2 atom stereocenters. The molecule has 0 aromatic rings. The van der Waals surface area contributed by atoms with Crippen LogP contribution in [0.4, 0.5) is 0 Å². The largest absolute Gasteiger partial charge is 0.396 e. The van der Waals surface area contributed by atoms with E-state index in [0.29, 0.717) is 24.5 Å². The molecule has 15 heavy (non-hydrogen) atoms. The van der Waals surface area contributed by atoms with E-state index in [0.717, 1.165) is 38.9 Å². The van der Waals surface area contributed by atoms with Gasteiger partial charge < -0.3 is 15.7 Å². The third-order valence-corrected chi connectivity index (χ3v) is 3.81. The molecule has 1 aliphatic rings. The Hall–Kier alpha value is -0.120. The number of hydrogen-bond acceptors (Lipinski definition) is 3. The molecule has 3 heteroatoms. The van der Waals surface area contributed by atoms with Crippen LogP contribution in [0.25, 0.3) is 0 Å². The average molecular weight is 214 g/mol. The maximum absolute atomic E-state index is 9.04. The Bertz CT molecular complexity index is 167. The minimum Gasteiger partial charge on any atom is -0.396 e. The summed E-state index contributed by atoms with van der Waals surface area (Å²) in [6.45, 7) is 8.01. The highest BCUT2D eigenvalue weighted by molar-refractivity contribution is 4.77. The maximum Gasteiger partial charge on any atom is 0.0460 e. The predicted molar refractivity (Wildman–Crippen MR) is 63.7 cm³/mol. The van der Waals surface area contributed by atoms with Gasteiger partial charge in [-0.2, -0.15) is 0 Å². The van der Waals surface area contributed by atoms with Gasteiger partial charge in [0.1, 0.15) is 0 Å². The van der Waals surface area contributed by atoms with Crippen LogP contribution in [-0.4, -0.2) is 42.3 Å². The number of nitrogens with zero attached hydrogens (tertiary/aromatic N) is 1. The van der Waals surface area contributed by atoms with Crippen molar-refractivity contribution < 1.29 is 5.11 Å². The van der Waals surface area contributed by atoms with Crippen molar-refractivity contribution >= 4 is 0 Å². The predicted octanol–water partition coefficient (Wildman–Crippen LogP) is 1.06. The lowest BCUT2D eigenvalue weighted by Crippen LogP contribution is -2.44. The van der Waals surface area contributed by atoms with Crippen molar-refractivity contribution in [2.24, 2.45) is 17.6 Å². The summed E-state index contributed by atoms with van der Waals surface area (Å²) in [6, 6.07) is 0.306. The van der Waals surface area contributed by atoms with Gasteiger partial charge in [0.2, 0.25) is 0 Å². The molecule has 1 fully saturated rings. The number of aliphatic hydroxyl groups excluding tert-OH is 1. The minimum absolute atomic E-state index is 0.306. The molecule has 0 bridgehead atoms. The smallest absolute Gasteiger partial charge is 0.0460 e.